The molecule has 9 heteroatoms. The number of carbonyl (C=O) groups excluding carboxylic acids is 2. The van der Waals surface area contributed by atoms with Gasteiger partial charge in [0.1, 0.15) is 5.82 Å². The molecule has 0 bridgehead atoms. The lowest BCUT2D eigenvalue weighted by atomic mass is 9.90. The summed E-state index contributed by atoms with van der Waals surface area (Å²) in [6, 6.07) is 3.87. The summed E-state index contributed by atoms with van der Waals surface area (Å²) >= 11 is 0. The van der Waals surface area contributed by atoms with Gasteiger partial charge < -0.3 is 10.2 Å². The van der Waals surface area contributed by atoms with E-state index in [1.54, 1.807) is 24.8 Å². The predicted octanol–water partition coefficient (Wildman–Crippen LogP) is 1.90. The Morgan fingerprint density at radius 2 is 2.06 bits per heavy atom. The number of pyridine rings is 1. The van der Waals surface area contributed by atoms with Gasteiger partial charge >= 0.3 is 0 Å². The van der Waals surface area contributed by atoms with Crippen LogP contribution in [0.2, 0.25) is 0 Å². The Morgan fingerprint density at radius 3 is 2.77 bits per heavy atom. The number of nitrogens with zero attached hydrogens (tertiary/aromatic N) is 5. The van der Waals surface area contributed by atoms with Crippen LogP contribution in [-0.2, 0) is 6.42 Å². The smallest absolute Gasteiger partial charge is 0.257 e. The zero-order valence-corrected chi connectivity index (χ0v) is 17.4. The van der Waals surface area contributed by atoms with Gasteiger partial charge in [-0.15, -0.1) is 0 Å². The number of nitrogens with one attached hydrogen (secondary N) is 2. The fourth-order valence-electron chi connectivity index (χ4n) is 3.84. The van der Waals surface area contributed by atoms with Crippen molar-refractivity contribution in [3.8, 4) is 0 Å². The van der Waals surface area contributed by atoms with Crippen LogP contribution in [0.4, 0.5) is 0 Å². The largest absolute Gasteiger partial charge is 0.352 e. The minimum Gasteiger partial charge on any atom is -0.352 e. The number of piperidine rings is 1. The van der Waals surface area contributed by atoms with E-state index in [9.17, 15) is 9.59 Å². The van der Waals surface area contributed by atoms with Gasteiger partial charge in [0.15, 0.2) is 0 Å². The molecule has 0 atom stereocenters. The van der Waals surface area contributed by atoms with Crippen LogP contribution in [0.1, 0.15) is 56.6 Å². The van der Waals surface area contributed by atoms with Crippen molar-refractivity contribution in [3.05, 3.63) is 71.3 Å². The second kappa shape index (κ2) is 9.46. The van der Waals surface area contributed by atoms with Gasteiger partial charge in [0.2, 0.25) is 0 Å². The number of rotatable bonds is 6. The van der Waals surface area contributed by atoms with Crippen LogP contribution in [0.15, 0.2) is 43.1 Å². The van der Waals surface area contributed by atoms with E-state index in [1.165, 1.54) is 6.20 Å². The molecule has 0 radical (unpaired) electrons. The highest BCUT2D eigenvalue weighted by atomic mass is 16.2. The van der Waals surface area contributed by atoms with Crippen LogP contribution in [0.25, 0.3) is 0 Å². The maximum absolute atomic E-state index is 12.9. The first kappa shape index (κ1) is 20.6. The van der Waals surface area contributed by atoms with Crippen molar-refractivity contribution >= 4 is 11.8 Å². The van der Waals surface area contributed by atoms with Gasteiger partial charge in [-0.1, -0.05) is 6.07 Å². The first-order valence-corrected chi connectivity index (χ1v) is 10.4. The van der Waals surface area contributed by atoms with E-state index in [2.05, 4.69) is 30.5 Å². The molecule has 1 fully saturated rings. The Hall–Kier alpha value is -3.62. The van der Waals surface area contributed by atoms with Crippen LogP contribution < -0.4 is 5.32 Å². The van der Waals surface area contributed by atoms with Crippen LogP contribution in [0.5, 0.6) is 0 Å². The fraction of sp³-hybridized carbons (Fsp3) is 0.364. The van der Waals surface area contributed by atoms with Gasteiger partial charge in [-0.25, -0.2) is 9.97 Å². The van der Waals surface area contributed by atoms with E-state index in [0.717, 1.165) is 24.1 Å². The Labute approximate surface area is 180 Å². The number of hydrogen-bond donors (Lipinski definition) is 2. The third-order valence-electron chi connectivity index (χ3n) is 5.52. The van der Waals surface area contributed by atoms with Crippen LogP contribution in [0.3, 0.4) is 0 Å². The second-order valence-electron chi connectivity index (χ2n) is 7.64. The molecule has 9 nitrogen and oxygen atoms in total. The summed E-state index contributed by atoms with van der Waals surface area (Å²) in [6.07, 6.45) is 10.5. The summed E-state index contributed by atoms with van der Waals surface area (Å²) < 4.78 is 0. The number of likely N-dealkylation sites (tertiary alicyclic amines) is 1. The Bertz CT molecular complexity index is 1030. The molecular weight excluding hydrogens is 394 g/mol. The maximum Gasteiger partial charge on any atom is 0.257 e. The minimum absolute atomic E-state index is 0.0283. The van der Waals surface area contributed by atoms with Gasteiger partial charge in [0, 0.05) is 50.3 Å². The van der Waals surface area contributed by atoms with Gasteiger partial charge in [0.05, 0.1) is 23.0 Å². The molecule has 0 aliphatic carbocycles. The van der Waals surface area contributed by atoms with E-state index >= 15 is 0 Å². The molecule has 0 aromatic carbocycles. The average Bonchev–Trinajstić information content (AvgIpc) is 3.34. The molecule has 2 N–H and O–H groups in total. The molecule has 3 aromatic rings. The number of aromatic amines is 1. The maximum atomic E-state index is 12.9. The lowest BCUT2D eigenvalue weighted by Crippen LogP contribution is -2.38. The Kier molecular flexibility index (Phi) is 6.30. The summed E-state index contributed by atoms with van der Waals surface area (Å²) in [5, 5.41) is 9.49. The molecule has 31 heavy (non-hydrogen) atoms. The zero-order chi connectivity index (χ0) is 21.6. The first-order chi connectivity index (χ1) is 15.1. The predicted molar refractivity (Wildman–Crippen MR) is 114 cm³/mol. The summed E-state index contributed by atoms with van der Waals surface area (Å²) in [4.78, 5) is 40.2. The molecular formula is C22H25N7O2. The monoisotopic (exact) mass is 419 g/mol. The van der Waals surface area contributed by atoms with Crippen molar-refractivity contribution in [2.45, 2.75) is 32.1 Å². The lowest BCUT2D eigenvalue weighted by Gasteiger charge is -2.32. The molecule has 4 heterocycles. The van der Waals surface area contributed by atoms with E-state index in [0.29, 0.717) is 43.0 Å². The molecule has 1 saturated heterocycles. The van der Waals surface area contributed by atoms with Crippen molar-refractivity contribution in [1.29, 1.82) is 0 Å². The van der Waals surface area contributed by atoms with Crippen molar-refractivity contribution in [2.75, 3.05) is 19.6 Å². The van der Waals surface area contributed by atoms with E-state index < -0.39 is 0 Å². The van der Waals surface area contributed by atoms with Crippen molar-refractivity contribution in [3.63, 3.8) is 0 Å². The Balaban J connectivity index is 1.40. The highest BCUT2D eigenvalue weighted by Crippen LogP contribution is 2.29. The topological polar surface area (TPSA) is 117 Å². The third-order valence-corrected chi connectivity index (χ3v) is 5.52. The number of hydrogen-bond acceptors (Lipinski definition) is 6. The summed E-state index contributed by atoms with van der Waals surface area (Å²) in [5.74, 6) is 0.545. The molecule has 1 aliphatic heterocycles. The molecule has 0 saturated carbocycles. The van der Waals surface area contributed by atoms with Gasteiger partial charge in [-0.2, -0.15) is 5.10 Å². The highest BCUT2D eigenvalue weighted by molar-refractivity contribution is 5.95. The van der Waals surface area contributed by atoms with E-state index in [1.807, 2.05) is 24.0 Å². The molecule has 0 spiro atoms. The van der Waals surface area contributed by atoms with Crippen molar-refractivity contribution < 1.29 is 9.59 Å². The van der Waals surface area contributed by atoms with Crippen molar-refractivity contribution in [1.82, 2.24) is 35.4 Å². The average molecular weight is 419 g/mol. The normalized spacial score (nSPS) is 14.4. The fourth-order valence-corrected chi connectivity index (χ4v) is 3.84. The van der Waals surface area contributed by atoms with Gasteiger partial charge in [-0.3, -0.25) is 19.7 Å². The molecule has 160 valence electrons. The summed E-state index contributed by atoms with van der Waals surface area (Å²) in [6.45, 7) is 3.56. The number of amides is 2. The SMILES string of the molecule is Cc1ncc(C(=O)NCCc2cccnc2)c(C2CCN(C(=O)c3cn[nH]c3)CC2)n1. The Morgan fingerprint density at radius 1 is 1.23 bits per heavy atom. The van der Waals surface area contributed by atoms with Crippen LogP contribution in [-0.4, -0.2) is 61.5 Å². The summed E-state index contributed by atoms with van der Waals surface area (Å²) in [7, 11) is 0. The molecule has 1 aliphatic rings. The number of aromatic nitrogens is 5. The van der Waals surface area contributed by atoms with Crippen LogP contribution in [0, 0.1) is 6.92 Å². The third kappa shape index (κ3) is 4.93. The van der Waals surface area contributed by atoms with Gasteiger partial charge in [-0.05, 0) is 37.8 Å². The standard InChI is InChI=1S/C22H25N7O2/c1-15-25-14-19(21(30)24-8-4-16-3-2-7-23-11-16)20(28-15)17-5-9-29(10-6-17)22(31)18-12-26-27-13-18/h2-3,7,11-14,17H,4-6,8-10H2,1H3,(H,24,30)(H,26,27). The van der Waals surface area contributed by atoms with E-state index in [-0.39, 0.29) is 17.7 Å². The molecule has 3 aromatic heterocycles. The minimum atomic E-state index is -0.171. The molecule has 0 unspecified atom stereocenters. The number of H-pyrrole nitrogens is 1. The number of carbonyl (C=O) groups is 2. The first-order valence-electron chi connectivity index (χ1n) is 10.4. The zero-order valence-electron chi connectivity index (χ0n) is 17.4. The van der Waals surface area contributed by atoms with Crippen molar-refractivity contribution in [2.24, 2.45) is 0 Å². The van der Waals surface area contributed by atoms with E-state index in [4.69, 9.17) is 0 Å². The summed E-state index contributed by atoms with van der Waals surface area (Å²) in [5.41, 5.74) is 2.90. The number of aryl methyl sites for hydroxylation is 1. The molecule has 2 amide bonds. The van der Waals surface area contributed by atoms with Gasteiger partial charge in [0.25, 0.3) is 11.8 Å². The molecule has 4 rings (SSSR count). The highest BCUT2D eigenvalue weighted by Gasteiger charge is 2.28. The lowest BCUT2D eigenvalue weighted by molar-refractivity contribution is 0.0710. The quantitative estimate of drug-likeness (QED) is 0.630. The van der Waals surface area contributed by atoms with Crippen LogP contribution >= 0.6 is 0 Å². The second-order valence-corrected chi connectivity index (χ2v) is 7.64.